The Morgan fingerprint density at radius 3 is 2.63 bits per heavy atom. The molecule has 19 heavy (non-hydrogen) atoms. The molecule has 0 aliphatic rings. The van der Waals surface area contributed by atoms with Crippen LogP contribution in [0.4, 0.5) is 4.79 Å². The molecule has 1 aromatic rings. The molecule has 0 saturated heterocycles. The molecule has 106 valence electrons. The minimum atomic E-state index is -0.558. The molecule has 0 aromatic carbocycles. The van der Waals surface area contributed by atoms with Crippen LogP contribution in [0.25, 0.3) is 0 Å². The highest BCUT2D eigenvalue weighted by Crippen LogP contribution is 2.18. The van der Waals surface area contributed by atoms with E-state index in [9.17, 15) is 9.59 Å². The quantitative estimate of drug-likeness (QED) is 0.441. The van der Waals surface area contributed by atoms with E-state index in [4.69, 9.17) is 10.6 Å². The van der Waals surface area contributed by atoms with E-state index >= 15 is 0 Å². The molecule has 1 aromatic heterocycles. The van der Waals surface area contributed by atoms with E-state index in [-0.39, 0.29) is 11.7 Å². The number of hydrazine groups is 1. The normalized spacial score (nSPS) is 12.7. The lowest BCUT2D eigenvalue weighted by atomic mass is 10.2. The van der Waals surface area contributed by atoms with Crippen LogP contribution in [0.3, 0.4) is 0 Å². The van der Waals surface area contributed by atoms with Crippen LogP contribution in [-0.2, 0) is 4.74 Å². The number of amides is 2. The summed E-state index contributed by atoms with van der Waals surface area (Å²) in [5.74, 6) is 4.55. The third-order valence-electron chi connectivity index (χ3n) is 1.99. The van der Waals surface area contributed by atoms with Crippen LogP contribution < -0.4 is 16.6 Å². The van der Waals surface area contributed by atoms with Crippen molar-refractivity contribution in [1.82, 2.24) is 15.7 Å². The van der Waals surface area contributed by atoms with E-state index in [1.165, 1.54) is 11.3 Å². The Hall–Kier alpha value is -1.67. The second-order valence-electron chi connectivity index (χ2n) is 4.91. The fourth-order valence-electron chi connectivity index (χ4n) is 1.21. The largest absolute Gasteiger partial charge is 0.444 e. The van der Waals surface area contributed by atoms with Crippen LogP contribution in [0.2, 0.25) is 0 Å². The third-order valence-corrected chi connectivity index (χ3v) is 3.02. The standard InChI is InChI=1S/C11H18N4O3S/c1-6(13-10(17)18-11(2,3)4)9-14-7(5-19-9)8(16)15-12/h5-6H,12H2,1-4H3,(H,13,17)(H,15,16). The Morgan fingerprint density at radius 1 is 1.47 bits per heavy atom. The van der Waals surface area contributed by atoms with Crippen molar-refractivity contribution in [1.29, 1.82) is 0 Å². The molecule has 2 amide bonds. The third kappa shape index (κ3) is 4.84. The summed E-state index contributed by atoms with van der Waals surface area (Å²) in [4.78, 5) is 26.9. The number of hydrogen-bond acceptors (Lipinski definition) is 6. The van der Waals surface area contributed by atoms with Gasteiger partial charge in [0.1, 0.15) is 16.3 Å². The van der Waals surface area contributed by atoms with Crippen LogP contribution in [0.15, 0.2) is 5.38 Å². The van der Waals surface area contributed by atoms with Gasteiger partial charge in [-0.05, 0) is 27.7 Å². The average molecular weight is 286 g/mol. The zero-order valence-electron chi connectivity index (χ0n) is 11.3. The Balaban J connectivity index is 2.63. The minimum Gasteiger partial charge on any atom is -0.444 e. The molecule has 0 fully saturated rings. The van der Waals surface area contributed by atoms with E-state index in [2.05, 4.69) is 10.3 Å². The van der Waals surface area contributed by atoms with Crippen LogP contribution in [0.1, 0.15) is 49.2 Å². The van der Waals surface area contributed by atoms with Gasteiger partial charge in [0.05, 0.1) is 6.04 Å². The number of ether oxygens (including phenoxy) is 1. The molecular weight excluding hydrogens is 268 g/mol. The molecule has 1 heterocycles. The molecule has 0 spiro atoms. The van der Waals surface area contributed by atoms with Gasteiger partial charge < -0.3 is 10.1 Å². The maximum Gasteiger partial charge on any atom is 0.408 e. The maximum absolute atomic E-state index is 11.6. The summed E-state index contributed by atoms with van der Waals surface area (Å²) in [5, 5.41) is 4.82. The van der Waals surface area contributed by atoms with Gasteiger partial charge in [-0.2, -0.15) is 0 Å². The van der Waals surface area contributed by atoms with Crippen molar-refractivity contribution in [2.75, 3.05) is 0 Å². The highest BCUT2D eigenvalue weighted by molar-refractivity contribution is 7.09. The lowest BCUT2D eigenvalue weighted by molar-refractivity contribution is 0.0508. The van der Waals surface area contributed by atoms with Gasteiger partial charge in [-0.1, -0.05) is 0 Å². The van der Waals surface area contributed by atoms with Crippen LogP contribution in [0.5, 0.6) is 0 Å². The molecule has 1 rings (SSSR count). The van der Waals surface area contributed by atoms with Crippen molar-refractivity contribution >= 4 is 23.3 Å². The number of nitrogens with zero attached hydrogens (tertiary/aromatic N) is 1. The molecule has 4 N–H and O–H groups in total. The molecule has 0 aliphatic heterocycles. The van der Waals surface area contributed by atoms with Crippen molar-refractivity contribution in [3.63, 3.8) is 0 Å². The van der Waals surface area contributed by atoms with Gasteiger partial charge in [-0.25, -0.2) is 15.6 Å². The van der Waals surface area contributed by atoms with Gasteiger partial charge in [0.2, 0.25) is 0 Å². The molecule has 1 atom stereocenters. The monoisotopic (exact) mass is 286 g/mol. The summed E-state index contributed by atoms with van der Waals surface area (Å²) < 4.78 is 5.13. The predicted molar refractivity (Wildman–Crippen MR) is 71.6 cm³/mol. The minimum absolute atomic E-state index is 0.223. The number of rotatable bonds is 3. The number of alkyl carbamates (subject to hydrolysis) is 1. The van der Waals surface area contributed by atoms with Gasteiger partial charge in [0.25, 0.3) is 5.91 Å². The molecule has 0 bridgehead atoms. The van der Waals surface area contributed by atoms with Crippen LogP contribution in [-0.4, -0.2) is 22.6 Å². The van der Waals surface area contributed by atoms with E-state index in [0.29, 0.717) is 5.01 Å². The van der Waals surface area contributed by atoms with Crippen LogP contribution in [0, 0.1) is 0 Å². The molecule has 7 nitrogen and oxygen atoms in total. The van der Waals surface area contributed by atoms with Crippen molar-refractivity contribution in [2.45, 2.75) is 39.3 Å². The van der Waals surface area contributed by atoms with Crippen molar-refractivity contribution < 1.29 is 14.3 Å². The lowest BCUT2D eigenvalue weighted by Crippen LogP contribution is -2.34. The van der Waals surface area contributed by atoms with Crippen molar-refractivity contribution in [2.24, 2.45) is 5.84 Å². The second kappa shape index (κ2) is 5.98. The molecule has 8 heteroatoms. The van der Waals surface area contributed by atoms with Crippen molar-refractivity contribution in [3.8, 4) is 0 Å². The maximum atomic E-state index is 11.6. The molecule has 0 saturated carbocycles. The zero-order chi connectivity index (χ0) is 14.6. The number of carbonyl (C=O) groups excluding carboxylic acids is 2. The molecular formula is C11H18N4O3S. The fraction of sp³-hybridized carbons (Fsp3) is 0.545. The first-order valence-electron chi connectivity index (χ1n) is 5.69. The van der Waals surface area contributed by atoms with Gasteiger partial charge in [0, 0.05) is 5.38 Å². The first-order chi connectivity index (χ1) is 8.73. The number of thiazole rings is 1. The molecule has 0 radical (unpaired) electrons. The van der Waals surface area contributed by atoms with Crippen molar-refractivity contribution in [3.05, 3.63) is 16.1 Å². The summed E-state index contributed by atoms with van der Waals surface area (Å²) in [6.07, 6.45) is -0.528. The Morgan fingerprint density at radius 2 is 2.11 bits per heavy atom. The lowest BCUT2D eigenvalue weighted by Gasteiger charge is -2.21. The number of nitrogens with one attached hydrogen (secondary N) is 2. The number of hydrogen-bond donors (Lipinski definition) is 3. The summed E-state index contributed by atoms with van der Waals surface area (Å²) in [7, 11) is 0. The average Bonchev–Trinajstić information content (AvgIpc) is 2.74. The first-order valence-corrected chi connectivity index (χ1v) is 6.57. The van der Waals surface area contributed by atoms with E-state index in [1.807, 2.05) is 5.43 Å². The summed E-state index contributed by atoms with van der Waals surface area (Å²) in [6, 6.07) is -0.348. The predicted octanol–water partition coefficient (Wildman–Crippen LogP) is 1.33. The summed E-state index contributed by atoms with van der Waals surface area (Å²) in [5.41, 5.74) is 1.66. The summed E-state index contributed by atoms with van der Waals surface area (Å²) in [6.45, 7) is 7.10. The molecule has 0 aliphatic carbocycles. The van der Waals surface area contributed by atoms with Gasteiger partial charge >= 0.3 is 6.09 Å². The topological polar surface area (TPSA) is 106 Å². The number of aromatic nitrogens is 1. The number of carbonyl (C=O) groups is 2. The van der Waals surface area contributed by atoms with Gasteiger partial charge in [-0.3, -0.25) is 10.2 Å². The van der Waals surface area contributed by atoms with Crippen LogP contribution >= 0.6 is 11.3 Å². The Kier molecular flexibility index (Phi) is 4.84. The highest BCUT2D eigenvalue weighted by Gasteiger charge is 2.20. The Labute approximate surface area is 115 Å². The van der Waals surface area contributed by atoms with Gasteiger partial charge in [0.15, 0.2) is 0 Å². The summed E-state index contributed by atoms with van der Waals surface area (Å²) >= 11 is 1.26. The van der Waals surface area contributed by atoms with E-state index in [1.54, 1.807) is 33.1 Å². The fourth-order valence-corrected chi connectivity index (χ4v) is 2.02. The number of nitrogen functional groups attached to an aromatic ring is 1. The SMILES string of the molecule is CC(NC(=O)OC(C)(C)C)c1nc(C(=O)NN)cs1. The molecule has 1 unspecified atom stereocenters. The number of nitrogens with two attached hydrogens (primary N) is 1. The second-order valence-corrected chi connectivity index (χ2v) is 5.80. The zero-order valence-corrected chi connectivity index (χ0v) is 12.1. The van der Waals surface area contributed by atoms with Gasteiger partial charge in [-0.15, -0.1) is 11.3 Å². The first kappa shape index (κ1) is 15.4. The smallest absolute Gasteiger partial charge is 0.408 e. The van der Waals surface area contributed by atoms with E-state index in [0.717, 1.165) is 0 Å². The highest BCUT2D eigenvalue weighted by atomic mass is 32.1. The van der Waals surface area contributed by atoms with E-state index < -0.39 is 17.6 Å². The Bertz CT molecular complexity index is 467.